The summed E-state index contributed by atoms with van der Waals surface area (Å²) in [7, 11) is 1.77. The molecule has 1 aromatic rings. The molecule has 13 heavy (non-hydrogen) atoms. The number of nitrogens with zero attached hydrogens (tertiary/aromatic N) is 1. The maximum Gasteiger partial charge on any atom is 0.216 e. The van der Waals surface area contributed by atoms with Crippen LogP contribution in [-0.2, 0) is 0 Å². The van der Waals surface area contributed by atoms with Gasteiger partial charge in [0, 0.05) is 7.05 Å². The van der Waals surface area contributed by atoms with Gasteiger partial charge in [-0.05, 0) is 26.1 Å². The monoisotopic (exact) mass is 199 g/mol. The predicted molar refractivity (Wildman–Crippen MR) is 54.4 cm³/mol. The van der Waals surface area contributed by atoms with E-state index in [-0.39, 0.29) is 6.04 Å². The molecule has 0 fully saturated rings. The van der Waals surface area contributed by atoms with Crippen molar-refractivity contribution in [2.75, 3.05) is 7.05 Å². The summed E-state index contributed by atoms with van der Waals surface area (Å²) in [5.41, 5.74) is 0. The molecule has 1 heterocycles. The van der Waals surface area contributed by atoms with Gasteiger partial charge in [-0.2, -0.15) is 0 Å². The number of nitrogens with one attached hydrogen (secondary N) is 2. The number of oxazole rings is 1. The van der Waals surface area contributed by atoms with E-state index < -0.39 is 0 Å². The maximum absolute atomic E-state index is 5.33. The van der Waals surface area contributed by atoms with Crippen LogP contribution in [0.4, 0.5) is 0 Å². The molecule has 72 valence electrons. The van der Waals surface area contributed by atoms with Crippen molar-refractivity contribution < 1.29 is 4.42 Å². The first-order valence-corrected chi connectivity index (χ1v) is 4.45. The van der Waals surface area contributed by atoms with E-state index in [1.807, 2.05) is 13.8 Å². The first-order chi connectivity index (χ1) is 6.13. The normalized spacial score (nSPS) is 12.2. The largest absolute Gasteiger partial charge is 0.444 e. The first kappa shape index (κ1) is 9.98. The highest BCUT2D eigenvalue weighted by Crippen LogP contribution is 2.11. The van der Waals surface area contributed by atoms with Crippen molar-refractivity contribution in [2.24, 2.45) is 0 Å². The van der Waals surface area contributed by atoms with Crippen molar-refractivity contribution in [3.8, 4) is 0 Å². The van der Waals surface area contributed by atoms with E-state index in [0.29, 0.717) is 11.0 Å². The molecule has 0 radical (unpaired) electrons. The lowest BCUT2D eigenvalue weighted by molar-refractivity contribution is 0.429. The summed E-state index contributed by atoms with van der Waals surface area (Å²) in [6.45, 7) is 3.80. The quantitative estimate of drug-likeness (QED) is 0.699. The lowest BCUT2D eigenvalue weighted by atomic mass is 10.3. The Morgan fingerprint density at radius 2 is 2.38 bits per heavy atom. The molecule has 0 aliphatic carbocycles. The van der Waals surface area contributed by atoms with Gasteiger partial charge in [-0.1, -0.05) is 0 Å². The molecule has 1 aromatic heterocycles. The van der Waals surface area contributed by atoms with E-state index in [0.717, 1.165) is 5.76 Å². The van der Waals surface area contributed by atoms with Crippen LogP contribution >= 0.6 is 12.2 Å². The smallest absolute Gasteiger partial charge is 0.216 e. The third kappa shape index (κ3) is 2.69. The minimum atomic E-state index is -0.00588. The molecule has 0 aromatic carbocycles. The highest BCUT2D eigenvalue weighted by molar-refractivity contribution is 7.80. The van der Waals surface area contributed by atoms with Crippen molar-refractivity contribution in [3.63, 3.8) is 0 Å². The molecule has 0 aliphatic heterocycles. The van der Waals surface area contributed by atoms with Crippen LogP contribution in [0.2, 0.25) is 0 Å². The molecule has 0 saturated heterocycles. The Bertz CT molecular complexity index is 297. The van der Waals surface area contributed by atoms with Crippen molar-refractivity contribution in [2.45, 2.75) is 19.9 Å². The second kappa shape index (κ2) is 4.23. The minimum Gasteiger partial charge on any atom is -0.444 e. The van der Waals surface area contributed by atoms with Gasteiger partial charge in [0.05, 0.1) is 6.20 Å². The van der Waals surface area contributed by atoms with Crippen LogP contribution in [0, 0.1) is 6.92 Å². The Hall–Kier alpha value is -1.10. The third-order valence-corrected chi connectivity index (χ3v) is 1.91. The topological polar surface area (TPSA) is 50.1 Å². The van der Waals surface area contributed by atoms with Crippen LogP contribution in [0.25, 0.3) is 0 Å². The highest BCUT2D eigenvalue weighted by atomic mass is 32.1. The molecule has 0 amide bonds. The lowest BCUT2D eigenvalue weighted by Crippen LogP contribution is -2.34. The van der Waals surface area contributed by atoms with Gasteiger partial charge >= 0.3 is 0 Å². The predicted octanol–water partition coefficient (Wildman–Crippen LogP) is 1.14. The van der Waals surface area contributed by atoms with Gasteiger partial charge in [-0.15, -0.1) is 0 Å². The van der Waals surface area contributed by atoms with Crippen molar-refractivity contribution >= 4 is 17.3 Å². The number of hydrogen-bond acceptors (Lipinski definition) is 3. The molecule has 0 saturated carbocycles. The molecular formula is C8H13N3OS. The number of hydrogen-bond donors (Lipinski definition) is 2. The summed E-state index contributed by atoms with van der Waals surface area (Å²) in [6, 6.07) is -0.00588. The van der Waals surface area contributed by atoms with Gasteiger partial charge < -0.3 is 15.1 Å². The molecule has 1 unspecified atom stereocenters. The van der Waals surface area contributed by atoms with Crippen LogP contribution in [-0.4, -0.2) is 17.1 Å². The molecule has 4 nitrogen and oxygen atoms in total. The van der Waals surface area contributed by atoms with Gasteiger partial charge in [0.25, 0.3) is 0 Å². The van der Waals surface area contributed by atoms with Crippen molar-refractivity contribution in [3.05, 3.63) is 17.8 Å². The van der Waals surface area contributed by atoms with Gasteiger partial charge in [-0.25, -0.2) is 4.98 Å². The fourth-order valence-electron chi connectivity index (χ4n) is 0.903. The summed E-state index contributed by atoms with van der Waals surface area (Å²) in [5.74, 6) is 1.45. The molecule has 0 aliphatic rings. The fraction of sp³-hybridized carbons (Fsp3) is 0.500. The molecule has 1 atom stereocenters. The summed E-state index contributed by atoms with van der Waals surface area (Å²) in [6.07, 6.45) is 1.69. The SMILES string of the molecule is CNC(=S)NC(C)c1ncc(C)o1. The number of rotatable bonds is 2. The maximum atomic E-state index is 5.33. The Balaban J connectivity index is 2.58. The summed E-state index contributed by atoms with van der Waals surface area (Å²) in [5, 5.41) is 6.43. The zero-order chi connectivity index (χ0) is 9.84. The molecule has 2 N–H and O–H groups in total. The van der Waals surface area contributed by atoms with Crippen LogP contribution in [0.3, 0.4) is 0 Å². The van der Waals surface area contributed by atoms with E-state index in [1.54, 1.807) is 13.2 Å². The molecular weight excluding hydrogens is 186 g/mol. The van der Waals surface area contributed by atoms with Gasteiger partial charge in [0.1, 0.15) is 11.8 Å². The highest BCUT2D eigenvalue weighted by Gasteiger charge is 2.11. The Morgan fingerprint density at radius 1 is 1.69 bits per heavy atom. The van der Waals surface area contributed by atoms with E-state index in [1.165, 1.54) is 0 Å². The molecule has 0 spiro atoms. The summed E-state index contributed by atoms with van der Waals surface area (Å²) < 4.78 is 5.33. The van der Waals surface area contributed by atoms with E-state index in [9.17, 15) is 0 Å². The van der Waals surface area contributed by atoms with E-state index in [2.05, 4.69) is 15.6 Å². The van der Waals surface area contributed by atoms with Gasteiger partial charge in [0.15, 0.2) is 5.11 Å². The van der Waals surface area contributed by atoms with Gasteiger partial charge in [-0.3, -0.25) is 0 Å². The fourth-order valence-corrected chi connectivity index (χ4v) is 1.08. The van der Waals surface area contributed by atoms with E-state index in [4.69, 9.17) is 16.6 Å². The Labute approximate surface area is 82.7 Å². The number of aromatic nitrogens is 1. The summed E-state index contributed by atoms with van der Waals surface area (Å²) in [4.78, 5) is 4.09. The second-order valence-electron chi connectivity index (χ2n) is 2.75. The van der Waals surface area contributed by atoms with Crippen LogP contribution in [0.15, 0.2) is 10.6 Å². The Morgan fingerprint density at radius 3 is 2.85 bits per heavy atom. The molecule has 5 heteroatoms. The Kier molecular flexibility index (Phi) is 3.25. The zero-order valence-corrected chi connectivity index (χ0v) is 8.73. The van der Waals surface area contributed by atoms with Gasteiger partial charge in [0.2, 0.25) is 5.89 Å². The zero-order valence-electron chi connectivity index (χ0n) is 7.92. The average molecular weight is 199 g/mol. The lowest BCUT2D eigenvalue weighted by Gasteiger charge is -2.11. The number of aryl methyl sites for hydroxylation is 1. The summed E-state index contributed by atoms with van der Waals surface area (Å²) >= 11 is 4.95. The molecule has 0 bridgehead atoms. The standard InChI is InChI=1S/C8H13N3OS/c1-5-4-10-7(12-5)6(2)11-8(13)9-3/h4,6H,1-3H3,(H2,9,11,13). The number of thiocarbonyl (C=S) groups is 1. The van der Waals surface area contributed by atoms with Crippen molar-refractivity contribution in [1.29, 1.82) is 0 Å². The van der Waals surface area contributed by atoms with Crippen LogP contribution in [0.5, 0.6) is 0 Å². The molecule has 1 rings (SSSR count). The first-order valence-electron chi connectivity index (χ1n) is 4.04. The average Bonchev–Trinajstić information content (AvgIpc) is 2.51. The minimum absolute atomic E-state index is 0.00588. The van der Waals surface area contributed by atoms with Crippen LogP contribution < -0.4 is 10.6 Å². The van der Waals surface area contributed by atoms with Crippen molar-refractivity contribution in [1.82, 2.24) is 15.6 Å². The third-order valence-electron chi connectivity index (χ3n) is 1.58. The van der Waals surface area contributed by atoms with E-state index >= 15 is 0 Å². The second-order valence-corrected chi connectivity index (χ2v) is 3.16. The van der Waals surface area contributed by atoms with Crippen LogP contribution in [0.1, 0.15) is 24.6 Å².